The average molecular weight is 557 g/mol. The summed E-state index contributed by atoms with van der Waals surface area (Å²) in [4.78, 5) is 18.6. The highest BCUT2D eigenvalue weighted by molar-refractivity contribution is 5.92. The van der Waals surface area contributed by atoms with E-state index in [0.717, 1.165) is 60.9 Å². The topological polar surface area (TPSA) is 62.2 Å². The van der Waals surface area contributed by atoms with Crippen molar-refractivity contribution < 1.29 is 19.4 Å². The zero-order valence-electron chi connectivity index (χ0n) is 24.9. The zero-order valence-corrected chi connectivity index (χ0v) is 24.9. The van der Waals surface area contributed by atoms with Crippen molar-refractivity contribution in [1.29, 1.82) is 0 Å². The van der Waals surface area contributed by atoms with Crippen molar-refractivity contribution in [2.45, 2.75) is 88.5 Å². The number of piperidine rings is 1. The number of hydrogen-bond donors (Lipinski definition) is 1. The lowest BCUT2D eigenvalue weighted by atomic mass is 9.48. The van der Waals surface area contributed by atoms with Gasteiger partial charge in [-0.1, -0.05) is 49.7 Å². The fourth-order valence-electron chi connectivity index (χ4n) is 8.74. The van der Waals surface area contributed by atoms with Crippen LogP contribution in [0.5, 0.6) is 11.5 Å². The Balaban J connectivity index is 1.29. The first-order valence-corrected chi connectivity index (χ1v) is 15.6. The molecule has 2 aliphatic heterocycles. The summed E-state index contributed by atoms with van der Waals surface area (Å²) in [5, 5.41) is 12.9. The molecule has 41 heavy (non-hydrogen) atoms. The van der Waals surface area contributed by atoms with Crippen LogP contribution in [0.25, 0.3) is 6.08 Å². The summed E-state index contributed by atoms with van der Waals surface area (Å²) in [5.41, 5.74) is 3.19. The van der Waals surface area contributed by atoms with Gasteiger partial charge in [-0.25, -0.2) is 0 Å². The lowest BCUT2D eigenvalue weighted by Gasteiger charge is -2.65. The number of likely N-dealkylation sites (tertiary alicyclic amines) is 1. The second kappa shape index (κ2) is 9.88. The van der Waals surface area contributed by atoms with Crippen LogP contribution in [-0.2, 0) is 16.6 Å². The number of carbonyl (C=O) groups is 1. The van der Waals surface area contributed by atoms with Gasteiger partial charge in [0.2, 0.25) is 5.91 Å². The van der Waals surface area contributed by atoms with Crippen LogP contribution in [0.2, 0.25) is 0 Å². The summed E-state index contributed by atoms with van der Waals surface area (Å²) < 4.78 is 12.8. The number of aryl methyl sites for hydroxylation is 1. The quantitative estimate of drug-likeness (QED) is 0.457. The van der Waals surface area contributed by atoms with E-state index in [-0.39, 0.29) is 24.1 Å². The van der Waals surface area contributed by atoms with Crippen molar-refractivity contribution in [3.63, 3.8) is 0 Å². The average Bonchev–Trinajstić information content (AvgIpc) is 3.69. The van der Waals surface area contributed by atoms with Gasteiger partial charge >= 0.3 is 0 Å². The summed E-state index contributed by atoms with van der Waals surface area (Å²) in [6, 6.07) is 12.4. The molecular formula is C35H44N2O4. The molecule has 3 aliphatic carbocycles. The van der Waals surface area contributed by atoms with Crippen molar-refractivity contribution in [2.75, 3.05) is 26.7 Å². The molecule has 1 amide bonds. The Kier molecular flexibility index (Phi) is 6.51. The third-order valence-corrected chi connectivity index (χ3v) is 10.6. The Morgan fingerprint density at radius 1 is 1.22 bits per heavy atom. The zero-order chi connectivity index (χ0) is 28.5. The maximum absolute atomic E-state index is 14.0. The minimum absolute atomic E-state index is 0.0114. The number of rotatable bonds is 8. The van der Waals surface area contributed by atoms with Gasteiger partial charge < -0.3 is 19.5 Å². The smallest absolute Gasteiger partial charge is 0.246 e. The number of benzene rings is 2. The van der Waals surface area contributed by atoms with Gasteiger partial charge in [0, 0.05) is 30.8 Å². The highest BCUT2D eigenvalue weighted by atomic mass is 16.5. The van der Waals surface area contributed by atoms with Gasteiger partial charge in [-0.2, -0.15) is 0 Å². The van der Waals surface area contributed by atoms with E-state index in [1.807, 2.05) is 29.2 Å². The number of ether oxygens (including phenoxy) is 2. The first-order chi connectivity index (χ1) is 19.7. The predicted octanol–water partition coefficient (Wildman–Crippen LogP) is 5.13. The van der Waals surface area contributed by atoms with E-state index in [2.05, 4.69) is 43.9 Å². The summed E-state index contributed by atoms with van der Waals surface area (Å²) in [6.45, 7) is 9.09. The molecule has 2 aromatic rings. The molecule has 0 unspecified atom stereocenters. The molecule has 218 valence electrons. The summed E-state index contributed by atoms with van der Waals surface area (Å²) in [7, 11) is 1.69. The molecular weight excluding hydrogens is 512 g/mol. The van der Waals surface area contributed by atoms with E-state index < -0.39 is 11.0 Å². The Morgan fingerprint density at radius 2 is 2.05 bits per heavy atom. The minimum Gasteiger partial charge on any atom is -0.493 e. The van der Waals surface area contributed by atoms with Gasteiger partial charge in [-0.15, -0.1) is 0 Å². The van der Waals surface area contributed by atoms with Crippen LogP contribution in [-0.4, -0.2) is 71.3 Å². The number of nitrogens with zero attached hydrogens (tertiary/aromatic N) is 2. The molecule has 7 rings (SSSR count). The monoisotopic (exact) mass is 556 g/mol. The Bertz CT molecular complexity index is 1380. The predicted molar refractivity (Wildman–Crippen MR) is 160 cm³/mol. The van der Waals surface area contributed by atoms with Gasteiger partial charge in [0.15, 0.2) is 11.5 Å². The number of carbonyl (C=O) groups excluding carboxylic acids is 1. The van der Waals surface area contributed by atoms with E-state index in [9.17, 15) is 9.90 Å². The van der Waals surface area contributed by atoms with Crippen LogP contribution >= 0.6 is 0 Å². The van der Waals surface area contributed by atoms with Crippen molar-refractivity contribution in [3.8, 4) is 11.5 Å². The molecule has 6 heteroatoms. The van der Waals surface area contributed by atoms with E-state index in [1.54, 1.807) is 13.2 Å². The molecule has 1 N–H and O–H groups in total. The van der Waals surface area contributed by atoms with Crippen LogP contribution in [0.3, 0.4) is 0 Å². The fourth-order valence-corrected chi connectivity index (χ4v) is 8.74. The van der Waals surface area contributed by atoms with E-state index in [4.69, 9.17) is 9.47 Å². The lowest BCUT2D eigenvalue weighted by Crippen LogP contribution is -2.78. The van der Waals surface area contributed by atoms with Gasteiger partial charge in [0.25, 0.3) is 0 Å². The Morgan fingerprint density at radius 3 is 2.78 bits per heavy atom. The Hall–Kier alpha value is -2.83. The van der Waals surface area contributed by atoms with Crippen LogP contribution in [0, 0.1) is 18.8 Å². The lowest BCUT2D eigenvalue weighted by molar-refractivity contribution is -0.201. The number of amides is 1. The molecule has 5 atom stereocenters. The number of hydrogen-bond acceptors (Lipinski definition) is 5. The van der Waals surface area contributed by atoms with E-state index in [0.29, 0.717) is 18.9 Å². The van der Waals surface area contributed by atoms with Crippen LogP contribution in [0.1, 0.15) is 68.2 Å². The fraction of sp³-hybridized carbons (Fsp3) is 0.571. The highest BCUT2D eigenvalue weighted by Gasteiger charge is 2.73. The third-order valence-electron chi connectivity index (χ3n) is 10.6. The second-order valence-electron chi connectivity index (χ2n) is 13.7. The molecule has 1 saturated heterocycles. The highest BCUT2D eigenvalue weighted by Crippen LogP contribution is 2.66. The van der Waals surface area contributed by atoms with Gasteiger partial charge in [0.1, 0.15) is 6.10 Å². The van der Waals surface area contributed by atoms with E-state index >= 15 is 0 Å². The molecule has 2 aromatic carbocycles. The molecule has 2 bridgehead atoms. The molecule has 2 saturated carbocycles. The van der Waals surface area contributed by atoms with Crippen molar-refractivity contribution >= 4 is 12.0 Å². The molecule has 0 aromatic heterocycles. The van der Waals surface area contributed by atoms with Crippen molar-refractivity contribution in [3.05, 3.63) is 64.7 Å². The molecule has 3 fully saturated rings. The van der Waals surface area contributed by atoms with Gasteiger partial charge in [-0.05, 0) is 87.1 Å². The van der Waals surface area contributed by atoms with Crippen LogP contribution in [0.15, 0.2) is 42.5 Å². The van der Waals surface area contributed by atoms with E-state index in [1.165, 1.54) is 24.0 Å². The number of methoxy groups -OCH3 is 1. The number of aliphatic hydroxyl groups is 1. The SMILES string of the molecule is COc1ccc2c3c1O[C@H]1[C@H](N(CC(C)C)C(=O)C=Cc4cccc(C)c4)CC[C@@]4(O)[C@@H](C2)N(CC2CC2)CC[C@]314. The van der Waals surface area contributed by atoms with Crippen molar-refractivity contribution in [2.24, 2.45) is 11.8 Å². The third kappa shape index (κ3) is 4.16. The molecule has 0 radical (unpaired) electrons. The normalized spacial score (nSPS) is 31.7. The van der Waals surface area contributed by atoms with Gasteiger partial charge in [-0.3, -0.25) is 9.69 Å². The molecule has 1 spiro atoms. The molecule has 2 heterocycles. The summed E-state index contributed by atoms with van der Waals surface area (Å²) in [6.07, 6.45) is 9.02. The molecule has 5 aliphatic rings. The largest absolute Gasteiger partial charge is 0.493 e. The van der Waals surface area contributed by atoms with Crippen LogP contribution in [0.4, 0.5) is 0 Å². The molecule has 6 nitrogen and oxygen atoms in total. The Labute approximate surface area is 244 Å². The second-order valence-corrected chi connectivity index (χ2v) is 13.7. The maximum Gasteiger partial charge on any atom is 0.246 e. The minimum atomic E-state index is -0.893. The maximum atomic E-state index is 14.0. The summed E-state index contributed by atoms with van der Waals surface area (Å²) in [5.74, 6) is 2.61. The van der Waals surface area contributed by atoms with Gasteiger partial charge in [0.05, 0.1) is 24.2 Å². The van der Waals surface area contributed by atoms with Crippen LogP contribution < -0.4 is 9.47 Å². The summed E-state index contributed by atoms with van der Waals surface area (Å²) >= 11 is 0. The standard InChI is InChI=1S/C35H44N2O4/c1-22(2)20-37(30(38)13-10-24-7-5-6-23(3)18-24)27-14-15-35(39)29-19-26-11-12-28(40-4)32-31(26)34(35,33(27)41-32)16-17-36(29)21-25-8-9-25/h5-7,10-13,18,22,25,27,29,33,39H,8-9,14-17,19-21H2,1-4H3/t27-,29-,33+,34+,35-/m1/s1. The first-order valence-electron chi connectivity index (χ1n) is 15.6. The first kappa shape index (κ1) is 27.0. The van der Waals surface area contributed by atoms with Crippen molar-refractivity contribution in [1.82, 2.24) is 9.80 Å².